The maximum absolute atomic E-state index is 6.61. The lowest BCUT2D eigenvalue weighted by atomic mass is 10.0. The van der Waals surface area contributed by atoms with Crippen LogP contribution < -0.4 is 9.64 Å². The normalized spacial score (nSPS) is 11.0. The van der Waals surface area contributed by atoms with Gasteiger partial charge in [-0.25, -0.2) is 4.98 Å². The van der Waals surface area contributed by atoms with Gasteiger partial charge in [-0.05, 0) is 69.0 Å². The Labute approximate surface area is 187 Å². The number of aryl methyl sites for hydroxylation is 3. The highest BCUT2D eigenvalue weighted by atomic mass is 35.5. The highest BCUT2D eigenvalue weighted by Gasteiger charge is 2.22. The smallest absolute Gasteiger partial charge is 0.190 e. The second-order valence-electron chi connectivity index (χ2n) is 7.22. The summed E-state index contributed by atoms with van der Waals surface area (Å²) in [6.07, 6.45) is 0.987. The lowest BCUT2D eigenvalue weighted by Crippen LogP contribution is -2.18. The highest BCUT2D eigenvalue weighted by Crippen LogP contribution is 2.43. The number of hydrogen-bond acceptors (Lipinski definition) is 4. The first-order chi connectivity index (χ1) is 13.8. The number of hydrogen-bond donors (Lipinski definition) is 0. The van der Waals surface area contributed by atoms with E-state index in [1.807, 2.05) is 19.9 Å². The molecule has 2 aromatic carbocycles. The minimum absolute atomic E-state index is 0.560. The number of anilines is 2. The molecule has 0 unspecified atom stereocenters. The van der Waals surface area contributed by atoms with E-state index in [2.05, 4.69) is 43.9 Å². The van der Waals surface area contributed by atoms with E-state index in [1.54, 1.807) is 18.4 Å². The van der Waals surface area contributed by atoms with Gasteiger partial charge in [-0.2, -0.15) is 0 Å². The summed E-state index contributed by atoms with van der Waals surface area (Å²) in [6, 6.07) is 8.29. The summed E-state index contributed by atoms with van der Waals surface area (Å²) in [4.78, 5) is 8.33. The molecule has 0 radical (unpaired) electrons. The van der Waals surface area contributed by atoms with Crippen LogP contribution in [-0.2, 0) is 0 Å². The number of benzene rings is 2. The van der Waals surface area contributed by atoms with Gasteiger partial charge in [-0.1, -0.05) is 36.2 Å². The first-order valence-electron chi connectivity index (χ1n) is 9.63. The van der Waals surface area contributed by atoms with Crippen molar-refractivity contribution in [2.75, 3.05) is 18.6 Å². The van der Waals surface area contributed by atoms with Crippen molar-refractivity contribution in [3.63, 3.8) is 0 Å². The van der Waals surface area contributed by atoms with E-state index in [4.69, 9.17) is 32.9 Å². The van der Waals surface area contributed by atoms with Crippen LogP contribution in [0.3, 0.4) is 0 Å². The van der Waals surface area contributed by atoms with Crippen molar-refractivity contribution in [3.05, 3.63) is 55.9 Å². The van der Waals surface area contributed by atoms with Crippen molar-refractivity contribution in [1.82, 2.24) is 4.98 Å². The molecule has 3 rings (SSSR count). The Bertz CT molecular complexity index is 1050. The Morgan fingerprint density at radius 3 is 2.45 bits per heavy atom. The number of ether oxygens (including phenoxy) is 1. The molecule has 0 spiro atoms. The van der Waals surface area contributed by atoms with Gasteiger partial charge in [0.05, 0.1) is 28.5 Å². The van der Waals surface area contributed by atoms with Crippen molar-refractivity contribution in [2.45, 2.75) is 41.0 Å². The molecule has 0 atom stereocenters. The van der Waals surface area contributed by atoms with Gasteiger partial charge in [0.2, 0.25) is 0 Å². The largest absolute Gasteiger partial charge is 0.495 e. The van der Waals surface area contributed by atoms with Gasteiger partial charge in [0.25, 0.3) is 0 Å². The van der Waals surface area contributed by atoms with E-state index >= 15 is 0 Å². The van der Waals surface area contributed by atoms with Crippen molar-refractivity contribution in [2.24, 2.45) is 0 Å². The SMILES string of the molecule is CCCN(c1nc(-c2cc(C)c(C)c(Cl)c2Cl)c(C)s1)c1cc(C)ccc1OC. The van der Waals surface area contributed by atoms with E-state index in [-0.39, 0.29) is 0 Å². The fraction of sp³-hybridized carbons (Fsp3) is 0.348. The van der Waals surface area contributed by atoms with Gasteiger partial charge in [0.1, 0.15) is 5.75 Å². The van der Waals surface area contributed by atoms with Crippen LogP contribution in [0.4, 0.5) is 10.8 Å². The van der Waals surface area contributed by atoms with Gasteiger partial charge in [-0.3, -0.25) is 0 Å². The lowest BCUT2D eigenvalue weighted by molar-refractivity contribution is 0.415. The van der Waals surface area contributed by atoms with Crippen molar-refractivity contribution >= 4 is 45.4 Å². The van der Waals surface area contributed by atoms with Crippen LogP contribution in [0.15, 0.2) is 24.3 Å². The average molecular weight is 449 g/mol. The van der Waals surface area contributed by atoms with Crippen molar-refractivity contribution < 1.29 is 4.74 Å². The molecule has 0 saturated carbocycles. The minimum Gasteiger partial charge on any atom is -0.495 e. The third-order valence-corrected chi connectivity index (χ3v) is 7.01. The summed E-state index contributed by atoms with van der Waals surface area (Å²) in [6.45, 7) is 11.2. The summed E-state index contributed by atoms with van der Waals surface area (Å²) >= 11 is 14.7. The second kappa shape index (κ2) is 8.95. The van der Waals surface area contributed by atoms with Crippen LogP contribution in [0.5, 0.6) is 5.75 Å². The lowest BCUT2D eigenvalue weighted by Gasteiger charge is -2.24. The first-order valence-corrected chi connectivity index (χ1v) is 11.2. The van der Waals surface area contributed by atoms with E-state index in [1.165, 1.54) is 5.56 Å². The standard InChI is InChI=1S/C23H26Cl2N2OS/c1-7-10-27(18-11-13(2)8-9-19(18)28-6)23-26-22(16(5)29-23)17-12-14(3)15(4)20(24)21(17)25/h8-9,11-12H,7,10H2,1-6H3. The third kappa shape index (κ3) is 4.25. The Kier molecular flexibility index (Phi) is 6.77. The predicted molar refractivity (Wildman–Crippen MR) is 127 cm³/mol. The molecule has 29 heavy (non-hydrogen) atoms. The molecule has 0 saturated heterocycles. The Morgan fingerprint density at radius 2 is 1.79 bits per heavy atom. The van der Waals surface area contributed by atoms with Crippen LogP contribution >= 0.6 is 34.5 Å². The van der Waals surface area contributed by atoms with E-state index in [9.17, 15) is 0 Å². The molecule has 0 aliphatic carbocycles. The molecule has 0 aliphatic heterocycles. The third-order valence-electron chi connectivity index (χ3n) is 5.05. The van der Waals surface area contributed by atoms with E-state index in [0.717, 1.165) is 56.8 Å². The summed E-state index contributed by atoms with van der Waals surface area (Å²) in [5.41, 5.74) is 6.08. The topological polar surface area (TPSA) is 25.4 Å². The maximum Gasteiger partial charge on any atom is 0.190 e. The van der Waals surface area contributed by atoms with Gasteiger partial charge in [-0.15, -0.1) is 11.3 Å². The zero-order valence-corrected chi connectivity index (χ0v) is 20.0. The highest BCUT2D eigenvalue weighted by molar-refractivity contribution is 7.16. The van der Waals surface area contributed by atoms with Crippen LogP contribution in [0, 0.1) is 27.7 Å². The van der Waals surface area contributed by atoms with Gasteiger partial charge in [0, 0.05) is 17.0 Å². The average Bonchev–Trinajstić information content (AvgIpc) is 3.08. The minimum atomic E-state index is 0.560. The zero-order valence-electron chi connectivity index (χ0n) is 17.7. The molecule has 0 N–H and O–H groups in total. The number of thiazole rings is 1. The number of methoxy groups -OCH3 is 1. The fourth-order valence-corrected chi connectivity index (χ4v) is 4.82. The van der Waals surface area contributed by atoms with Crippen LogP contribution in [0.25, 0.3) is 11.3 Å². The molecule has 0 aliphatic rings. The molecule has 1 heterocycles. The molecular weight excluding hydrogens is 423 g/mol. The van der Waals surface area contributed by atoms with Crippen molar-refractivity contribution in [3.8, 4) is 17.0 Å². The monoisotopic (exact) mass is 448 g/mol. The molecule has 0 fully saturated rings. The summed E-state index contributed by atoms with van der Waals surface area (Å²) in [5, 5.41) is 2.08. The Morgan fingerprint density at radius 1 is 1.07 bits per heavy atom. The van der Waals surface area contributed by atoms with Gasteiger partial charge < -0.3 is 9.64 Å². The fourth-order valence-electron chi connectivity index (χ4n) is 3.32. The van der Waals surface area contributed by atoms with Gasteiger partial charge in [0.15, 0.2) is 5.13 Å². The molecule has 0 bridgehead atoms. The maximum atomic E-state index is 6.61. The number of aromatic nitrogens is 1. The molecule has 1 aromatic heterocycles. The molecular formula is C23H26Cl2N2OS. The van der Waals surface area contributed by atoms with Gasteiger partial charge >= 0.3 is 0 Å². The number of nitrogens with zero attached hydrogens (tertiary/aromatic N) is 2. The Balaban J connectivity index is 2.15. The summed E-state index contributed by atoms with van der Waals surface area (Å²) in [5.74, 6) is 0.839. The van der Waals surface area contributed by atoms with E-state index < -0.39 is 0 Å². The van der Waals surface area contributed by atoms with Crippen LogP contribution in [0.1, 0.15) is 34.9 Å². The van der Waals surface area contributed by atoms with Crippen LogP contribution in [0.2, 0.25) is 10.0 Å². The quantitative estimate of drug-likeness (QED) is 0.382. The molecule has 3 aromatic rings. The zero-order chi connectivity index (χ0) is 21.3. The van der Waals surface area contributed by atoms with Crippen molar-refractivity contribution in [1.29, 1.82) is 0 Å². The molecule has 6 heteroatoms. The predicted octanol–water partition coefficient (Wildman–Crippen LogP) is 7.91. The molecule has 3 nitrogen and oxygen atoms in total. The van der Waals surface area contributed by atoms with E-state index in [0.29, 0.717) is 10.0 Å². The Hall–Kier alpha value is -1.75. The number of rotatable bonds is 6. The second-order valence-corrected chi connectivity index (χ2v) is 9.16. The summed E-state index contributed by atoms with van der Waals surface area (Å²) in [7, 11) is 1.70. The number of halogens is 2. The first kappa shape index (κ1) is 21.9. The molecule has 0 amide bonds. The van der Waals surface area contributed by atoms with Crippen LogP contribution in [-0.4, -0.2) is 18.6 Å². The molecule has 154 valence electrons. The summed E-state index contributed by atoms with van der Waals surface area (Å²) < 4.78 is 5.63.